The van der Waals surface area contributed by atoms with Crippen molar-refractivity contribution in [1.82, 2.24) is 9.13 Å². The van der Waals surface area contributed by atoms with Gasteiger partial charge in [-0.15, -0.1) is 0 Å². The van der Waals surface area contributed by atoms with Gasteiger partial charge in [0.1, 0.15) is 0 Å². The van der Waals surface area contributed by atoms with Crippen LogP contribution >= 0.6 is 0 Å². The minimum Gasteiger partial charge on any atom is -0.309 e. The summed E-state index contributed by atoms with van der Waals surface area (Å²) in [5.74, 6) is 0. The summed E-state index contributed by atoms with van der Waals surface area (Å²) in [5.41, 5.74) is 7.32. The molecule has 0 bridgehead atoms. The third kappa shape index (κ3) is 3.80. The van der Waals surface area contributed by atoms with Gasteiger partial charge in [-0.05, 0) is 159 Å². The second-order valence-electron chi connectivity index (χ2n) is 16.8. The van der Waals surface area contributed by atoms with Gasteiger partial charge >= 0.3 is 0 Å². The lowest BCUT2D eigenvalue weighted by molar-refractivity contribution is 1.19. The Morgan fingerprint density at radius 1 is 0.200 bits per heavy atom. The molecule has 2 aromatic heterocycles. The normalized spacial score (nSPS) is 12.7. The summed E-state index contributed by atoms with van der Waals surface area (Å²) in [7, 11) is 0. The Morgan fingerprint density at radius 3 is 1.08 bits per heavy atom. The topological polar surface area (TPSA) is 9.86 Å². The Morgan fingerprint density at radius 2 is 0.567 bits per heavy atom. The van der Waals surface area contributed by atoms with E-state index in [0.29, 0.717) is 0 Å². The lowest BCUT2D eigenvalue weighted by Crippen LogP contribution is -1.93. The number of nitrogens with zero attached hydrogens (tertiary/aromatic N) is 2. The molecule has 15 rings (SSSR count). The van der Waals surface area contributed by atoms with Crippen molar-refractivity contribution in [2.24, 2.45) is 0 Å². The van der Waals surface area contributed by atoms with Gasteiger partial charge in [0, 0.05) is 32.9 Å². The van der Waals surface area contributed by atoms with Crippen LogP contribution in [0.5, 0.6) is 0 Å². The van der Waals surface area contributed by atoms with Crippen LogP contribution < -0.4 is 0 Å². The second kappa shape index (κ2) is 11.0. The predicted molar refractivity (Wildman–Crippen MR) is 258 cm³/mol. The third-order valence-corrected chi connectivity index (χ3v) is 13.9. The largest absolute Gasteiger partial charge is 0.309 e. The quantitative estimate of drug-likeness (QED) is 0.156. The average molecular weight is 757 g/mol. The van der Waals surface area contributed by atoms with Gasteiger partial charge in [0.05, 0.1) is 22.1 Å². The van der Waals surface area contributed by atoms with Gasteiger partial charge in [0.15, 0.2) is 0 Å². The zero-order valence-electron chi connectivity index (χ0n) is 32.4. The van der Waals surface area contributed by atoms with E-state index in [0.717, 1.165) is 0 Å². The first-order valence-corrected chi connectivity index (χ1v) is 20.9. The van der Waals surface area contributed by atoms with E-state index < -0.39 is 0 Å². The van der Waals surface area contributed by atoms with E-state index in [9.17, 15) is 0 Å². The summed E-state index contributed by atoms with van der Waals surface area (Å²) >= 11 is 0. The fraction of sp³-hybridized carbons (Fsp3) is 0. The molecule has 0 fully saturated rings. The van der Waals surface area contributed by atoms with E-state index >= 15 is 0 Å². The van der Waals surface area contributed by atoms with Crippen molar-refractivity contribution in [3.8, 4) is 11.4 Å². The molecule has 0 radical (unpaired) electrons. The van der Waals surface area contributed by atoms with Crippen molar-refractivity contribution in [1.29, 1.82) is 0 Å². The maximum absolute atomic E-state index is 2.50. The number of hydrogen-bond donors (Lipinski definition) is 0. The number of rotatable bonds is 2. The molecule has 0 saturated heterocycles. The highest BCUT2D eigenvalue weighted by Crippen LogP contribution is 2.48. The van der Waals surface area contributed by atoms with Gasteiger partial charge in [-0.3, -0.25) is 0 Å². The zero-order valence-corrected chi connectivity index (χ0v) is 32.4. The third-order valence-electron chi connectivity index (χ3n) is 13.9. The van der Waals surface area contributed by atoms with Crippen LogP contribution in [-0.4, -0.2) is 9.13 Å². The molecule has 0 atom stereocenters. The maximum Gasteiger partial charge on any atom is 0.0541 e. The van der Waals surface area contributed by atoms with E-state index in [4.69, 9.17) is 0 Å². The SMILES string of the molecule is c1cc2c3cc(-n4c5ccccc5c5ccccc54)ccc3c3cc4c(cc5c6cc7ccc(-n8c9ccccc9c9ccccc98)cc7cc6c6cccc4c65)c(c1)c23. The van der Waals surface area contributed by atoms with Gasteiger partial charge in [-0.1, -0.05) is 121 Å². The first-order chi connectivity index (χ1) is 29.8. The molecule has 60 heavy (non-hydrogen) atoms. The molecule has 15 aromatic rings. The Balaban J connectivity index is 0.976. The number of fused-ring (bicyclic) bond motifs is 16. The van der Waals surface area contributed by atoms with Crippen molar-refractivity contribution in [2.45, 2.75) is 0 Å². The minimum absolute atomic E-state index is 1.19. The van der Waals surface area contributed by atoms with Crippen LogP contribution in [0.15, 0.2) is 194 Å². The van der Waals surface area contributed by atoms with Gasteiger partial charge in [0.2, 0.25) is 0 Å². The summed E-state index contributed by atoms with van der Waals surface area (Å²) in [5, 5.41) is 26.2. The van der Waals surface area contributed by atoms with Crippen molar-refractivity contribution < 1.29 is 0 Å². The highest BCUT2D eigenvalue weighted by atomic mass is 15.0. The van der Waals surface area contributed by atoms with E-state index in [1.165, 1.54) is 141 Å². The Hall–Kier alpha value is -7.94. The maximum atomic E-state index is 2.50. The van der Waals surface area contributed by atoms with E-state index in [1.54, 1.807) is 0 Å². The van der Waals surface area contributed by atoms with Crippen molar-refractivity contribution >= 4 is 130 Å². The fourth-order valence-corrected chi connectivity index (χ4v) is 11.4. The van der Waals surface area contributed by atoms with Gasteiger partial charge < -0.3 is 9.13 Å². The lowest BCUT2D eigenvalue weighted by atomic mass is 9.93. The molecular weight excluding hydrogens is 725 g/mol. The molecule has 2 heteroatoms. The van der Waals surface area contributed by atoms with E-state index in [-0.39, 0.29) is 0 Å². The zero-order chi connectivity index (χ0) is 38.8. The highest BCUT2D eigenvalue weighted by Gasteiger charge is 2.21. The van der Waals surface area contributed by atoms with Crippen molar-refractivity contribution in [3.05, 3.63) is 194 Å². The van der Waals surface area contributed by atoms with Crippen LogP contribution in [0.25, 0.3) is 141 Å². The fourth-order valence-electron chi connectivity index (χ4n) is 11.4. The first kappa shape index (κ1) is 31.1. The molecule has 0 aliphatic carbocycles. The standard InChI is InChI=1S/C58H32N2/c1-5-19-53-38(11-1)39-12-2-6-20-54(39)59(53)35-24-23-33-28-47-46(29-34(33)27-35)42-15-9-18-45-49-31-51-37-26-25-36(60-55-21-7-3-13-40(55)41-14-4-8-22-56(41)60)30-48(37)43-16-10-17-44(57(43)51)50(49)32-52(47)58(42)45/h1-32H. The molecule has 274 valence electrons. The predicted octanol–water partition coefficient (Wildman–Crippen LogP) is 16.0. The molecule has 0 N–H and O–H groups in total. The van der Waals surface area contributed by atoms with Crippen molar-refractivity contribution in [2.75, 3.05) is 0 Å². The summed E-state index contributed by atoms with van der Waals surface area (Å²) in [6, 6.07) is 72.9. The van der Waals surface area contributed by atoms with Crippen LogP contribution in [-0.2, 0) is 0 Å². The van der Waals surface area contributed by atoms with Crippen LogP contribution in [0.3, 0.4) is 0 Å². The van der Waals surface area contributed by atoms with E-state index in [2.05, 4.69) is 203 Å². The number of benzene rings is 11. The van der Waals surface area contributed by atoms with Crippen LogP contribution in [0, 0.1) is 0 Å². The number of hydrogen-bond acceptors (Lipinski definition) is 0. The van der Waals surface area contributed by atoms with Gasteiger partial charge in [-0.2, -0.15) is 0 Å². The molecular formula is C58H32N2. The Kier molecular flexibility index (Phi) is 5.68. The average Bonchev–Trinajstić information content (AvgIpc) is 4.02. The Bertz CT molecular complexity index is 4240. The molecule has 13 aromatic carbocycles. The summed E-state index contributed by atoms with van der Waals surface area (Å²) in [4.78, 5) is 0. The molecule has 0 spiro atoms. The van der Waals surface area contributed by atoms with Crippen LogP contribution in [0.4, 0.5) is 0 Å². The van der Waals surface area contributed by atoms with Crippen LogP contribution in [0.2, 0.25) is 0 Å². The molecule has 0 aliphatic heterocycles. The van der Waals surface area contributed by atoms with Gasteiger partial charge in [0.25, 0.3) is 0 Å². The number of aromatic nitrogens is 2. The summed E-state index contributed by atoms with van der Waals surface area (Å²) < 4.78 is 4.86. The highest BCUT2D eigenvalue weighted by molar-refractivity contribution is 6.41. The molecule has 2 heterocycles. The van der Waals surface area contributed by atoms with Gasteiger partial charge in [-0.25, -0.2) is 0 Å². The monoisotopic (exact) mass is 756 g/mol. The summed E-state index contributed by atoms with van der Waals surface area (Å²) in [6.07, 6.45) is 0. The molecule has 2 nitrogen and oxygen atoms in total. The molecule has 0 saturated carbocycles. The van der Waals surface area contributed by atoms with Crippen molar-refractivity contribution in [3.63, 3.8) is 0 Å². The molecule has 0 aliphatic rings. The smallest absolute Gasteiger partial charge is 0.0541 e. The number of para-hydroxylation sites is 4. The van der Waals surface area contributed by atoms with Crippen LogP contribution in [0.1, 0.15) is 0 Å². The van der Waals surface area contributed by atoms with E-state index in [1.807, 2.05) is 0 Å². The molecule has 0 amide bonds. The lowest BCUT2D eigenvalue weighted by Gasteiger charge is -2.10. The second-order valence-corrected chi connectivity index (χ2v) is 16.8. The summed E-state index contributed by atoms with van der Waals surface area (Å²) in [6.45, 7) is 0. The molecule has 0 unspecified atom stereocenters. The minimum atomic E-state index is 1.19. The Labute approximate surface area is 343 Å². The first-order valence-electron chi connectivity index (χ1n) is 20.9.